The molecule has 8 nitrogen and oxygen atoms in total. The van der Waals surface area contributed by atoms with Crippen LogP contribution in [0, 0.1) is 0 Å². The zero-order valence-corrected chi connectivity index (χ0v) is 77.9. The van der Waals surface area contributed by atoms with E-state index in [-0.39, 0.29) is 24.2 Å². The number of allylic oxidation sites excluding steroid dienone is 8. The summed E-state index contributed by atoms with van der Waals surface area (Å²) >= 11 is 0. The number of aromatic amines is 2. The van der Waals surface area contributed by atoms with E-state index < -0.39 is 0 Å². The molecule has 0 spiro atoms. The van der Waals surface area contributed by atoms with Crippen molar-refractivity contribution in [3.63, 3.8) is 0 Å². The van der Waals surface area contributed by atoms with Gasteiger partial charge in [0.2, 0.25) is 0 Å². The fraction of sp³-hybridized carbons (Fsp3) is 0.679. The lowest BCUT2D eigenvalue weighted by Gasteiger charge is -2.32. The van der Waals surface area contributed by atoms with E-state index in [0.717, 1.165) is 77.4 Å². The van der Waals surface area contributed by atoms with E-state index in [9.17, 15) is 0 Å². The number of aromatic nitrogens is 4. The third-order valence-corrected chi connectivity index (χ3v) is 27.3. The van der Waals surface area contributed by atoms with Crippen molar-refractivity contribution < 1.29 is 0 Å². The number of hydrogen-bond acceptors (Lipinski definition) is 6. The average Bonchev–Trinajstić information content (AvgIpc) is 1.60. The molecule has 0 amide bonds. The molecule has 6 aliphatic heterocycles. The maximum Gasteiger partial charge on any atom is 0.0766 e. The summed E-state index contributed by atoms with van der Waals surface area (Å²) < 4.78 is 0. The minimum absolute atomic E-state index is 0.00664. The Balaban J connectivity index is 0.994. The van der Waals surface area contributed by atoms with Crippen LogP contribution in [0.4, 0.5) is 0 Å². The third-order valence-electron chi connectivity index (χ3n) is 27.3. The second kappa shape index (κ2) is 62.8. The van der Waals surface area contributed by atoms with E-state index in [1.807, 2.05) is 0 Å². The van der Waals surface area contributed by atoms with Crippen LogP contribution in [0.25, 0.3) is 46.4 Å². The Kier molecular flexibility index (Phi) is 51.0. The van der Waals surface area contributed by atoms with Crippen molar-refractivity contribution in [2.45, 2.75) is 463 Å². The molecule has 6 aliphatic rings. The molecule has 0 saturated carbocycles. The van der Waals surface area contributed by atoms with Crippen molar-refractivity contribution in [1.82, 2.24) is 39.5 Å². The first-order valence-corrected chi connectivity index (χ1v) is 52.2. The number of hydrogen-bond donors (Lipinski definition) is 2. The Labute approximate surface area is 737 Å². The summed E-state index contributed by atoms with van der Waals surface area (Å²) in [5, 5.41) is 0. The first kappa shape index (κ1) is 97.5. The Hall–Kier alpha value is -6.28. The second-order valence-electron chi connectivity index (χ2n) is 37.5. The summed E-state index contributed by atoms with van der Waals surface area (Å²) in [5.41, 5.74) is 13.5. The molecule has 8 bridgehead atoms. The van der Waals surface area contributed by atoms with E-state index in [4.69, 9.17) is 9.97 Å². The number of unbranched alkanes of at least 4 members (excludes halogenated alkanes) is 60. The minimum Gasteiger partial charge on any atom is -0.367 e. The summed E-state index contributed by atoms with van der Waals surface area (Å²) in [6, 6.07) is 9.55. The molecule has 120 heavy (non-hydrogen) atoms. The highest BCUT2D eigenvalue weighted by atomic mass is 15.2. The molecular formula is C112H178N8. The number of nitrogens with zero attached hydrogens (tertiary/aromatic N) is 6. The molecule has 3 aromatic heterocycles. The zero-order chi connectivity index (χ0) is 83.4. The molecule has 9 rings (SSSR count). The second-order valence-corrected chi connectivity index (χ2v) is 37.5. The van der Waals surface area contributed by atoms with Crippen LogP contribution in [0.5, 0.6) is 0 Å². The van der Waals surface area contributed by atoms with Gasteiger partial charge >= 0.3 is 0 Å². The van der Waals surface area contributed by atoms with Gasteiger partial charge in [-0.25, -0.2) is 9.97 Å². The first-order valence-electron chi connectivity index (χ1n) is 52.2. The van der Waals surface area contributed by atoms with E-state index in [1.54, 1.807) is 0 Å². The molecule has 0 fully saturated rings. The Bertz CT molecular complexity index is 3500. The quantitative estimate of drug-likeness (QED) is 0.0378. The molecule has 9 heterocycles. The van der Waals surface area contributed by atoms with Crippen molar-refractivity contribution >= 4 is 46.4 Å². The summed E-state index contributed by atoms with van der Waals surface area (Å²) in [6.45, 7) is 13.3. The molecule has 3 aromatic rings. The van der Waals surface area contributed by atoms with Crippen LogP contribution in [0.2, 0.25) is 0 Å². The predicted molar refractivity (Wildman–Crippen MR) is 528 cm³/mol. The van der Waals surface area contributed by atoms with Gasteiger partial charge in [0, 0.05) is 70.5 Å². The van der Waals surface area contributed by atoms with Gasteiger partial charge in [0.15, 0.2) is 0 Å². The number of fused-ring (bicyclic) bond motifs is 8. The van der Waals surface area contributed by atoms with Gasteiger partial charge < -0.3 is 29.6 Å². The topological polar surface area (TPSA) is 70.3 Å². The minimum atomic E-state index is -0.0402. The van der Waals surface area contributed by atoms with Gasteiger partial charge in [-0.15, -0.1) is 0 Å². The van der Waals surface area contributed by atoms with Gasteiger partial charge in [-0.3, -0.25) is 0 Å². The fourth-order valence-electron chi connectivity index (χ4n) is 19.9. The maximum absolute atomic E-state index is 6.01. The van der Waals surface area contributed by atoms with Gasteiger partial charge in [-0.05, 0) is 123 Å². The van der Waals surface area contributed by atoms with Gasteiger partial charge in [0.1, 0.15) is 0 Å². The van der Waals surface area contributed by atoms with Crippen molar-refractivity contribution in [2.75, 3.05) is 26.2 Å². The van der Waals surface area contributed by atoms with E-state index in [2.05, 4.69) is 204 Å². The van der Waals surface area contributed by atoms with Crippen LogP contribution in [-0.2, 0) is 0 Å². The van der Waals surface area contributed by atoms with Gasteiger partial charge in [-0.1, -0.05) is 462 Å². The van der Waals surface area contributed by atoms with Crippen molar-refractivity contribution in [3.05, 3.63) is 167 Å². The van der Waals surface area contributed by atoms with Crippen LogP contribution >= 0.6 is 0 Å². The molecule has 0 saturated heterocycles. The van der Waals surface area contributed by atoms with Gasteiger partial charge in [-0.2, -0.15) is 0 Å². The third kappa shape index (κ3) is 36.5. The highest BCUT2D eigenvalue weighted by Crippen LogP contribution is 2.42. The number of rotatable bonds is 72. The van der Waals surface area contributed by atoms with E-state index >= 15 is 0 Å². The monoisotopic (exact) mass is 1640 g/mol. The maximum atomic E-state index is 6.01. The van der Waals surface area contributed by atoms with Crippen LogP contribution in [0.15, 0.2) is 122 Å². The van der Waals surface area contributed by atoms with Crippen LogP contribution < -0.4 is 0 Å². The van der Waals surface area contributed by atoms with Crippen LogP contribution in [0.3, 0.4) is 0 Å². The lowest BCUT2D eigenvalue weighted by Crippen LogP contribution is -2.26. The van der Waals surface area contributed by atoms with Crippen LogP contribution in [-0.4, -0.2) is 65.7 Å². The fourth-order valence-corrected chi connectivity index (χ4v) is 19.9. The predicted octanol–water partition coefficient (Wildman–Crippen LogP) is 35.4. The Morgan fingerprint density at radius 2 is 0.367 bits per heavy atom. The average molecular weight is 1640 g/mol. The van der Waals surface area contributed by atoms with Crippen molar-refractivity contribution in [1.29, 1.82) is 0 Å². The first-order chi connectivity index (χ1) is 59.6. The summed E-state index contributed by atoms with van der Waals surface area (Å²) in [7, 11) is 0. The smallest absolute Gasteiger partial charge is 0.0766 e. The lowest BCUT2D eigenvalue weighted by molar-refractivity contribution is 0.309. The van der Waals surface area contributed by atoms with Crippen molar-refractivity contribution in [2.24, 2.45) is 0 Å². The summed E-state index contributed by atoms with van der Waals surface area (Å²) in [6.07, 6.45) is 135. The SMILES string of the molecule is CCCCCCCCCCCCCCCCCCN1C=CC=C[C@@H]1c1c2nc(c([C@H]3C=CC=CN3CCCCCCCCCCCCCCCCCC)c3ccc([nH]3)c([C@H]3C=CC=CN3CCCCCCCCCCCCCCCCCC)c3ccc([nH]3)c([C@H]3C=CC=CN3CCCCCCCCCCCCCCCCCC)c3nc1C=C3)C=C2. The Morgan fingerprint density at radius 1 is 0.200 bits per heavy atom. The number of H-pyrrole nitrogens is 2. The van der Waals surface area contributed by atoms with E-state index in [1.165, 1.54) is 427 Å². The van der Waals surface area contributed by atoms with E-state index in [0.29, 0.717) is 0 Å². The highest BCUT2D eigenvalue weighted by Gasteiger charge is 2.31. The largest absolute Gasteiger partial charge is 0.367 e. The summed E-state index contributed by atoms with van der Waals surface area (Å²) in [5.74, 6) is 0. The standard InChI is InChI=1S/C112H178N8/c1-5-9-13-17-21-25-29-33-37-41-45-49-53-57-61-69-89-117-93-73-65-77-105(117)109-97-81-83-99(113-97)110(106-78-66-74-94-118(106)90-70-62-58-54-50-46-42-38-34-30-26-22-18-14-10-6-2)101-85-87-103(115-101)112(108-80-68-76-96-120(108)92-72-64-60-56-52-48-44-40-36-32-28-24-20-16-12-8-4)104-88-86-102(116-104)111(100-84-82-98(109)114-100)107-79-67-75-95-119(107)91-71-63-59-55-51-47-43-39-35-31-27-23-19-15-11-7-3/h65-68,73-88,93-96,105-108,113-114H,5-64,69-72,89-92H2,1-4H3/t105-,106-,107-,108-/m1/s1. The van der Waals surface area contributed by atoms with Crippen LogP contribution in [0.1, 0.15) is 508 Å². The highest BCUT2D eigenvalue weighted by molar-refractivity contribution is 5.85. The molecule has 8 heteroatoms. The molecule has 2 N–H and O–H groups in total. The molecular weight excluding hydrogens is 1460 g/mol. The Morgan fingerprint density at radius 3 is 0.575 bits per heavy atom. The molecule has 0 aromatic carbocycles. The summed E-state index contributed by atoms with van der Waals surface area (Å²) in [4.78, 5) is 31.1. The van der Waals surface area contributed by atoms with Gasteiger partial charge in [0.25, 0.3) is 0 Å². The number of nitrogens with one attached hydrogen (secondary N) is 2. The molecule has 0 aliphatic carbocycles. The lowest BCUT2D eigenvalue weighted by atomic mass is 9.98. The normalized spacial score (nSPS) is 16.7. The molecule has 0 unspecified atom stereocenters. The van der Waals surface area contributed by atoms with Crippen molar-refractivity contribution in [3.8, 4) is 0 Å². The molecule has 4 atom stereocenters. The molecule has 0 radical (unpaired) electrons. The van der Waals surface area contributed by atoms with Gasteiger partial charge in [0.05, 0.1) is 46.9 Å². The zero-order valence-electron chi connectivity index (χ0n) is 77.9. The molecule has 666 valence electrons.